The van der Waals surface area contributed by atoms with Gasteiger partial charge in [-0.3, -0.25) is 0 Å². The molecule has 1 fully saturated rings. The number of ether oxygens (including phenoxy) is 1. The molecule has 2 aliphatic carbocycles. The first-order valence-electron chi connectivity index (χ1n) is 7.67. The molecule has 3 nitrogen and oxygen atoms in total. The summed E-state index contributed by atoms with van der Waals surface area (Å²) in [5, 5.41) is 10.3. The van der Waals surface area contributed by atoms with Crippen LogP contribution >= 0.6 is 11.6 Å². The zero-order valence-corrected chi connectivity index (χ0v) is 12.7. The molecule has 4 heteroatoms. The highest BCUT2D eigenvalue weighted by molar-refractivity contribution is 6.22. The minimum absolute atomic E-state index is 0.0241. The number of phenols is 1. The van der Waals surface area contributed by atoms with Gasteiger partial charge in [-0.15, -0.1) is 11.6 Å². The van der Waals surface area contributed by atoms with E-state index in [9.17, 15) is 5.11 Å². The van der Waals surface area contributed by atoms with Crippen LogP contribution in [0.5, 0.6) is 11.5 Å². The van der Waals surface area contributed by atoms with Crippen molar-refractivity contribution < 1.29 is 9.84 Å². The number of alkyl halides is 1. The Morgan fingerprint density at radius 1 is 1.38 bits per heavy atom. The van der Waals surface area contributed by atoms with Crippen LogP contribution in [0, 0.1) is 5.92 Å². The lowest BCUT2D eigenvalue weighted by molar-refractivity contribution is -0.00201. The summed E-state index contributed by atoms with van der Waals surface area (Å²) >= 11 is 6.72. The third-order valence-corrected chi connectivity index (χ3v) is 6.55. The van der Waals surface area contributed by atoms with Crippen LogP contribution in [0.4, 0.5) is 0 Å². The van der Waals surface area contributed by atoms with Crippen LogP contribution in [-0.2, 0) is 11.8 Å². The molecule has 2 bridgehead atoms. The first-order valence-corrected chi connectivity index (χ1v) is 8.11. The zero-order valence-electron chi connectivity index (χ0n) is 11.9. The fourth-order valence-corrected chi connectivity index (χ4v) is 5.74. The van der Waals surface area contributed by atoms with Gasteiger partial charge in [-0.1, -0.05) is 12.1 Å². The molecule has 1 aromatic carbocycles. The molecule has 21 heavy (non-hydrogen) atoms. The van der Waals surface area contributed by atoms with Gasteiger partial charge in [0, 0.05) is 22.9 Å². The van der Waals surface area contributed by atoms with Crippen LogP contribution in [-0.4, -0.2) is 41.1 Å². The molecular formula is C17H18ClNO2. The number of benzene rings is 1. The van der Waals surface area contributed by atoms with Crippen molar-refractivity contribution in [3.8, 4) is 11.5 Å². The third-order valence-electron chi connectivity index (χ3n) is 6.14. The molecule has 0 saturated carbocycles. The summed E-state index contributed by atoms with van der Waals surface area (Å²) in [7, 11) is 2.20. The average Bonchev–Trinajstić information content (AvgIpc) is 2.81. The number of phenolic OH excluding ortho intramolecular Hbond substituents is 1. The first-order chi connectivity index (χ1) is 10.1. The first kappa shape index (κ1) is 12.4. The van der Waals surface area contributed by atoms with Gasteiger partial charge in [0.05, 0.1) is 5.38 Å². The maximum Gasteiger partial charge on any atom is 0.166 e. The van der Waals surface area contributed by atoms with Gasteiger partial charge in [0.15, 0.2) is 11.5 Å². The summed E-state index contributed by atoms with van der Waals surface area (Å²) in [6.45, 7) is 1.06. The van der Waals surface area contributed by atoms with E-state index in [-0.39, 0.29) is 22.6 Å². The van der Waals surface area contributed by atoms with E-state index in [1.54, 1.807) is 6.07 Å². The smallest absolute Gasteiger partial charge is 0.166 e. The van der Waals surface area contributed by atoms with Crippen LogP contribution in [0.15, 0.2) is 24.3 Å². The van der Waals surface area contributed by atoms with Gasteiger partial charge in [-0.25, -0.2) is 0 Å². The van der Waals surface area contributed by atoms with Gasteiger partial charge in [-0.05, 0) is 44.1 Å². The molecule has 2 heterocycles. The molecule has 0 aromatic heterocycles. The van der Waals surface area contributed by atoms with Gasteiger partial charge in [0.2, 0.25) is 0 Å². The molecular weight excluding hydrogens is 286 g/mol. The van der Waals surface area contributed by atoms with Crippen molar-refractivity contribution in [2.75, 3.05) is 13.6 Å². The molecule has 0 radical (unpaired) electrons. The number of piperidine rings is 1. The Morgan fingerprint density at radius 3 is 3.10 bits per heavy atom. The number of likely N-dealkylation sites (N-methyl/N-ethyl adjacent to an activating group) is 1. The van der Waals surface area contributed by atoms with Crippen molar-refractivity contribution in [2.45, 2.75) is 35.8 Å². The minimum atomic E-state index is -0.0417. The van der Waals surface area contributed by atoms with E-state index in [1.807, 2.05) is 0 Å². The highest BCUT2D eigenvalue weighted by atomic mass is 35.5. The van der Waals surface area contributed by atoms with Crippen LogP contribution in [0.1, 0.15) is 17.5 Å². The van der Waals surface area contributed by atoms with Crippen LogP contribution in [0.25, 0.3) is 0 Å². The number of hydrogen-bond acceptors (Lipinski definition) is 3. The lowest BCUT2D eigenvalue weighted by Gasteiger charge is -2.57. The summed E-state index contributed by atoms with van der Waals surface area (Å²) in [4.78, 5) is 2.45. The number of likely N-dealkylation sites (tertiary alicyclic amines) is 1. The second-order valence-corrected chi connectivity index (χ2v) is 7.39. The average molecular weight is 304 g/mol. The van der Waals surface area contributed by atoms with Crippen LogP contribution < -0.4 is 4.74 Å². The van der Waals surface area contributed by atoms with Gasteiger partial charge in [0.1, 0.15) is 6.10 Å². The number of halogens is 1. The zero-order chi connectivity index (χ0) is 14.4. The maximum absolute atomic E-state index is 10.2. The Hall–Kier alpha value is -1.19. The van der Waals surface area contributed by atoms with Crippen molar-refractivity contribution >= 4 is 11.6 Å². The highest BCUT2D eigenvalue weighted by Crippen LogP contribution is 2.62. The van der Waals surface area contributed by atoms with E-state index < -0.39 is 0 Å². The van der Waals surface area contributed by atoms with Gasteiger partial charge in [0.25, 0.3) is 0 Å². The number of nitrogens with zero attached hydrogens (tertiary/aromatic N) is 1. The summed E-state index contributed by atoms with van der Waals surface area (Å²) in [5.41, 5.74) is 2.54. The highest BCUT2D eigenvalue weighted by Gasteiger charge is 2.64. The largest absolute Gasteiger partial charge is 0.504 e. The lowest BCUT2D eigenvalue weighted by Crippen LogP contribution is -2.65. The van der Waals surface area contributed by atoms with E-state index in [4.69, 9.17) is 16.3 Å². The second-order valence-electron chi connectivity index (χ2n) is 6.88. The topological polar surface area (TPSA) is 32.7 Å². The lowest BCUT2D eigenvalue weighted by atomic mass is 9.53. The fourth-order valence-electron chi connectivity index (χ4n) is 5.26. The monoisotopic (exact) mass is 303 g/mol. The normalized spacial score (nSPS) is 42.6. The third kappa shape index (κ3) is 1.27. The van der Waals surface area contributed by atoms with E-state index >= 15 is 0 Å². The molecule has 1 saturated heterocycles. The molecule has 0 amide bonds. The molecule has 0 unspecified atom stereocenters. The summed E-state index contributed by atoms with van der Waals surface area (Å²) in [6.07, 6.45) is 6.28. The molecule has 5 rings (SSSR count). The molecule has 5 atom stereocenters. The molecule has 1 spiro atoms. The second kappa shape index (κ2) is 3.76. The standard InChI is InChI=1S/C17H18ClNO2/c1-19-7-6-17-13-5-3-10(18)15(17)11(19)8-9-2-4-12(20)16(21-13)14(9)17/h2-5,10-11,13,15,20H,6-8H2,1H3/t10-,11+,13-,15-,17+/m0/s1. The minimum Gasteiger partial charge on any atom is -0.504 e. The van der Waals surface area contributed by atoms with Gasteiger partial charge in [-0.2, -0.15) is 0 Å². The predicted molar refractivity (Wildman–Crippen MR) is 81.2 cm³/mol. The van der Waals surface area contributed by atoms with Crippen LogP contribution in [0.3, 0.4) is 0 Å². The van der Waals surface area contributed by atoms with Crippen LogP contribution in [0.2, 0.25) is 0 Å². The van der Waals surface area contributed by atoms with E-state index in [0.717, 1.165) is 19.4 Å². The van der Waals surface area contributed by atoms with E-state index in [2.05, 4.69) is 30.2 Å². The Morgan fingerprint density at radius 2 is 2.24 bits per heavy atom. The summed E-state index contributed by atoms with van der Waals surface area (Å²) < 4.78 is 6.18. The SMILES string of the molecule is CN1CC[C@]23c4c5ccc(O)c4O[C@H]2C=C[C@H](Cl)[C@H]3[C@H]1C5. The maximum atomic E-state index is 10.2. The Balaban J connectivity index is 1.85. The molecule has 2 aliphatic heterocycles. The Bertz CT molecular complexity index is 673. The molecule has 1 aromatic rings. The van der Waals surface area contributed by atoms with E-state index in [1.165, 1.54) is 11.1 Å². The number of allylic oxidation sites excluding steroid dienone is 1. The molecule has 4 aliphatic rings. The quantitative estimate of drug-likeness (QED) is 0.590. The fraction of sp³-hybridized carbons (Fsp3) is 0.529. The molecule has 110 valence electrons. The Labute approximate surface area is 129 Å². The van der Waals surface area contributed by atoms with Gasteiger partial charge >= 0.3 is 0 Å². The summed E-state index contributed by atoms with van der Waals surface area (Å²) in [6, 6.07) is 4.31. The van der Waals surface area contributed by atoms with E-state index in [0.29, 0.717) is 17.7 Å². The Kier molecular flexibility index (Phi) is 2.22. The van der Waals surface area contributed by atoms with Crippen molar-refractivity contribution in [3.05, 3.63) is 35.4 Å². The number of rotatable bonds is 0. The number of aromatic hydroxyl groups is 1. The van der Waals surface area contributed by atoms with Crippen molar-refractivity contribution in [2.24, 2.45) is 5.92 Å². The van der Waals surface area contributed by atoms with Crippen molar-refractivity contribution in [1.82, 2.24) is 4.90 Å². The van der Waals surface area contributed by atoms with Gasteiger partial charge < -0.3 is 14.7 Å². The van der Waals surface area contributed by atoms with Crippen molar-refractivity contribution in [1.29, 1.82) is 0 Å². The number of hydrogen-bond donors (Lipinski definition) is 1. The molecule has 1 N–H and O–H groups in total. The predicted octanol–water partition coefficient (Wildman–Crippen LogP) is 2.44. The van der Waals surface area contributed by atoms with Crippen molar-refractivity contribution in [3.63, 3.8) is 0 Å². The summed E-state index contributed by atoms with van der Waals surface area (Å²) in [5.74, 6) is 1.34.